The van der Waals surface area contributed by atoms with Crippen molar-refractivity contribution in [2.45, 2.75) is 12.8 Å². The zero-order valence-corrected chi connectivity index (χ0v) is 12.6. The Bertz CT molecular complexity index is 629. The molecule has 5 N–H and O–H groups in total. The largest absolute Gasteiger partial charge is 0.506 e. The van der Waals surface area contributed by atoms with Gasteiger partial charge in [-0.1, -0.05) is 18.2 Å². The molecule has 0 aromatic heterocycles. The SMILES string of the molecule is CON(C)C(=O)C1=C(C2=CCCC=C2)N(N)/C(=C\N)C(O)=C1. The summed E-state index contributed by atoms with van der Waals surface area (Å²) in [7, 11) is 2.87. The molecule has 1 aliphatic heterocycles. The number of hydrazine groups is 1. The molecule has 0 atom stereocenters. The first-order valence-electron chi connectivity index (χ1n) is 6.82. The Labute approximate surface area is 129 Å². The molecule has 1 aliphatic carbocycles. The summed E-state index contributed by atoms with van der Waals surface area (Å²) in [6, 6.07) is 0. The van der Waals surface area contributed by atoms with Gasteiger partial charge in [0.2, 0.25) is 0 Å². The number of hydrogen-bond donors (Lipinski definition) is 3. The minimum absolute atomic E-state index is 0.179. The Morgan fingerprint density at radius 3 is 2.77 bits per heavy atom. The molecule has 0 radical (unpaired) electrons. The second-order valence-corrected chi connectivity index (χ2v) is 4.84. The van der Waals surface area contributed by atoms with Crippen LogP contribution < -0.4 is 11.6 Å². The number of aliphatic hydroxyl groups excluding tert-OH is 1. The summed E-state index contributed by atoms with van der Waals surface area (Å²) in [5, 5.41) is 12.3. The number of carbonyl (C=O) groups excluding carboxylic acids is 1. The van der Waals surface area contributed by atoms with Gasteiger partial charge in [-0.3, -0.25) is 14.6 Å². The predicted molar refractivity (Wildman–Crippen MR) is 82.3 cm³/mol. The third-order valence-corrected chi connectivity index (χ3v) is 3.52. The zero-order valence-electron chi connectivity index (χ0n) is 12.6. The molecule has 0 aromatic carbocycles. The minimum Gasteiger partial charge on any atom is -0.506 e. The van der Waals surface area contributed by atoms with Gasteiger partial charge in [-0.05, 0) is 24.5 Å². The summed E-state index contributed by atoms with van der Waals surface area (Å²) in [6.45, 7) is 0. The zero-order chi connectivity index (χ0) is 16.3. The van der Waals surface area contributed by atoms with Crippen LogP contribution in [-0.4, -0.2) is 35.2 Å². The van der Waals surface area contributed by atoms with Crippen LogP contribution in [0.1, 0.15) is 12.8 Å². The van der Waals surface area contributed by atoms with Gasteiger partial charge in [0, 0.05) is 13.2 Å². The van der Waals surface area contributed by atoms with E-state index < -0.39 is 5.91 Å². The van der Waals surface area contributed by atoms with Crippen LogP contribution in [0, 0.1) is 0 Å². The van der Waals surface area contributed by atoms with Crippen molar-refractivity contribution in [2.75, 3.05) is 14.2 Å². The molecular formula is C15H20N4O3. The highest BCUT2D eigenvalue weighted by molar-refractivity contribution is 5.98. The molecule has 0 unspecified atom stereocenters. The van der Waals surface area contributed by atoms with Crippen LogP contribution in [0.2, 0.25) is 0 Å². The number of hydrogen-bond acceptors (Lipinski definition) is 6. The normalized spacial score (nSPS) is 20.1. The highest BCUT2D eigenvalue weighted by Crippen LogP contribution is 2.32. The minimum atomic E-state index is -0.421. The van der Waals surface area contributed by atoms with Gasteiger partial charge in [-0.25, -0.2) is 10.9 Å². The first kappa shape index (κ1) is 15.9. The summed E-state index contributed by atoms with van der Waals surface area (Å²) in [6.07, 6.45) is 10.2. The number of carbonyl (C=O) groups is 1. The van der Waals surface area contributed by atoms with Gasteiger partial charge in [-0.2, -0.15) is 0 Å². The van der Waals surface area contributed by atoms with Gasteiger partial charge in [-0.15, -0.1) is 0 Å². The third kappa shape index (κ3) is 2.76. The molecule has 118 valence electrons. The molecule has 7 nitrogen and oxygen atoms in total. The van der Waals surface area contributed by atoms with Crippen molar-refractivity contribution in [1.82, 2.24) is 10.1 Å². The van der Waals surface area contributed by atoms with E-state index >= 15 is 0 Å². The van der Waals surface area contributed by atoms with Crippen LogP contribution in [0.15, 0.2) is 58.8 Å². The van der Waals surface area contributed by atoms with Crippen LogP contribution in [-0.2, 0) is 9.63 Å². The fourth-order valence-electron chi connectivity index (χ4n) is 2.32. The number of allylic oxidation sites excluding steroid dienone is 3. The molecule has 1 amide bonds. The van der Waals surface area contributed by atoms with Gasteiger partial charge >= 0.3 is 0 Å². The maximum absolute atomic E-state index is 12.5. The van der Waals surface area contributed by atoms with E-state index in [1.165, 1.54) is 31.4 Å². The molecule has 0 aromatic rings. The van der Waals surface area contributed by atoms with E-state index in [1.807, 2.05) is 18.2 Å². The van der Waals surface area contributed by atoms with Crippen molar-refractivity contribution < 1.29 is 14.7 Å². The molecule has 0 saturated heterocycles. The lowest BCUT2D eigenvalue weighted by molar-refractivity contribution is -0.163. The van der Waals surface area contributed by atoms with E-state index in [4.69, 9.17) is 16.4 Å². The highest BCUT2D eigenvalue weighted by atomic mass is 16.7. The van der Waals surface area contributed by atoms with E-state index in [1.54, 1.807) is 0 Å². The van der Waals surface area contributed by atoms with Gasteiger partial charge < -0.3 is 10.8 Å². The maximum Gasteiger partial charge on any atom is 0.279 e. The van der Waals surface area contributed by atoms with E-state index in [0.717, 1.165) is 23.5 Å². The van der Waals surface area contributed by atoms with Gasteiger partial charge in [0.15, 0.2) is 0 Å². The molecule has 1 heterocycles. The van der Waals surface area contributed by atoms with E-state index in [9.17, 15) is 9.90 Å². The summed E-state index contributed by atoms with van der Waals surface area (Å²) >= 11 is 0. The van der Waals surface area contributed by atoms with Gasteiger partial charge in [0.25, 0.3) is 5.91 Å². The van der Waals surface area contributed by atoms with Crippen molar-refractivity contribution in [1.29, 1.82) is 0 Å². The Morgan fingerprint density at radius 1 is 1.50 bits per heavy atom. The Morgan fingerprint density at radius 2 is 2.23 bits per heavy atom. The standard InChI is InChI=1S/C15H20N4O3/c1-18(22-2)15(21)11-8-13(20)12(9-16)19(17)14(11)10-6-4-3-5-7-10/h4,6-9,20H,3,5,16-17H2,1-2H3/b12-9-. The fraction of sp³-hybridized carbons (Fsp3) is 0.267. The van der Waals surface area contributed by atoms with Gasteiger partial charge in [0.05, 0.1) is 18.4 Å². The van der Waals surface area contributed by atoms with Crippen LogP contribution >= 0.6 is 0 Å². The average Bonchev–Trinajstić information content (AvgIpc) is 2.54. The summed E-state index contributed by atoms with van der Waals surface area (Å²) < 4.78 is 0. The Balaban J connectivity index is 2.61. The van der Waals surface area contributed by atoms with Crippen LogP contribution in [0.4, 0.5) is 0 Å². The van der Waals surface area contributed by atoms with Crippen LogP contribution in [0.3, 0.4) is 0 Å². The summed E-state index contributed by atoms with van der Waals surface area (Å²) in [5.41, 5.74) is 7.24. The number of nitrogens with two attached hydrogens (primary N) is 2. The number of amides is 1. The average molecular weight is 304 g/mol. The lowest BCUT2D eigenvalue weighted by Crippen LogP contribution is -2.38. The molecule has 0 fully saturated rings. The molecule has 2 aliphatic rings. The lowest BCUT2D eigenvalue weighted by Gasteiger charge is -2.31. The first-order chi connectivity index (χ1) is 10.5. The molecule has 0 saturated carbocycles. The number of rotatable bonds is 3. The molecule has 0 spiro atoms. The summed E-state index contributed by atoms with van der Waals surface area (Å²) in [4.78, 5) is 17.4. The summed E-state index contributed by atoms with van der Waals surface area (Å²) in [5.74, 6) is 5.47. The lowest BCUT2D eigenvalue weighted by atomic mass is 9.96. The van der Waals surface area contributed by atoms with Crippen molar-refractivity contribution >= 4 is 5.91 Å². The third-order valence-electron chi connectivity index (χ3n) is 3.52. The first-order valence-corrected chi connectivity index (χ1v) is 6.82. The number of aliphatic hydroxyl groups is 1. The molecule has 22 heavy (non-hydrogen) atoms. The molecule has 2 rings (SSSR count). The van der Waals surface area contributed by atoms with E-state index in [0.29, 0.717) is 5.70 Å². The molecule has 0 bridgehead atoms. The Kier molecular flexibility index (Phi) is 4.69. The van der Waals surface area contributed by atoms with Crippen LogP contribution in [0.25, 0.3) is 0 Å². The van der Waals surface area contributed by atoms with E-state index in [-0.39, 0.29) is 17.0 Å². The topological polar surface area (TPSA) is 105 Å². The fourth-order valence-corrected chi connectivity index (χ4v) is 2.32. The quantitative estimate of drug-likeness (QED) is 0.530. The van der Waals surface area contributed by atoms with Crippen molar-refractivity contribution in [2.24, 2.45) is 11.6 Å². The molecule has 7 heteroatoms. The number of likely N-dealkylation sites (N-methyl/N-ethyl adjacent to an activating group) is 1. The van der Waals surface area contributed by atoms with Crippen molar-refractivity contribution in [3.63, 3.8) is 0 Å². The highest BCUT2D eigenvalue weighted by Gasteiger charge is 2.30. The smallest absolute Gasteiger partial charge is 0.279 e. The van der Waals surface area contributed by atoms with Crippen LogP contribution in [0.5, 0.6) is 0 Å². The van der Waals surface area contributed by atoms with Crippen molar-refractivity contribution in [3.8, 4) is 0 Å². The Hall–Kier alpha value is -2.51. The second kappa shape index (κ2) is 6.50. The number of hydroxylamine groups is 2. The predicted octanol–water partition coefficient (Wildman–Crippen LogP) is 0.968. The monoisotopic (exact) mass is 304 g/mol. The maximum atomic E-state index is 12.5. The van der Waals surface area contributed by atoms with Gasteiger partial charge in [0.1, 0.15) is 11.5 Å². The second-order valence-electron chi connectivity index (χ2n) is 4.84. The molecular weight excluding hydrogens is 284 g/mol. The van der Waals surface area contributed by atoms with E-state index in [2.05, 4.69) is 0 Å². The van der Waals surface area contributed by atoms with Crippen molar-refractivity contribution in [3.05, 3.63) is 58.8 Å². The number of nitrogens with zero attached hydrogens (tertiary/aromatic N) is 2.